The third-order valence-electron chi connectivity index (χ3n) is 4.58. The summed E-state index contributed by atoms with van der Waals surface area (Å²) in [6, 6.07) is 11.2. The van der Waals surface area contributed by atoms with Crippen LogP contribution in [0.3, 0.4) is 0 Å². The fraction of sp³-hybridized carbons (Fsp3) is 0.350. The maximum Gasteiger partial charge on any atom is 0.262 e. The lowest BCUT2D eigenvalue weighted by molar-refractivity contribution is -0.118. The van der Waals surface area contributed by atoms with Crippen LogP contribution in [0.4, 0.5) is 5.69 Å². The van der Waals surface area contributed by atoms with Gasteiger partial charge < -0.3 is 14.8 Å². The number of piperidine rings is 1. The van der Waals surface area contributed by atoms with Crippen molar-refractivity contribution in [3.63, 3.8) is 0 Å². The lowest BCUT2D eigenvalue weighted by Crippen LogP contribution is -2.35. The Hall–Kier alpha value is -2.29. The number of benzene rings is 2. The summed E-state index contributed by atoms with van der Waals surface area (Å²) in [5.74, 6) is 0.635. The fourth-order valence-corrected chi connectivity index (χ4v) is 4.75. The molecule has 1 saturated heterocycles. The molecule has 3 rings (SSSR count). The first-order chi connectivity index (χ1) is 13.9. The van der Waals surface area contributed by atoms with E-state index in [0.717, 1.165) is 19.3 Å². The number of ether oxygens (including phenoxy) is 2. The van der Waals surface area contributed by atoms with Gasteiger partial charge in [0.05, 0.1) is 22.7 Å². The molecule has 2 aromatic carbocycles. The van der Waals surface area contributed by atoms with Crippen molar-refractivity contribution in [1.82, 2.24) is 4.31 Å². The second-order valence-corrected chi connectivity index (χ2v) is 8.97. The average molecular weight is 439 g/mol. The van der Waals surface area contributed by atoms with Crippen LogP contribution < -0.4 is 14.8 Å². The van der Waals surface area contributed by atoms with Gasteiger partial charge in [-0.2, -0.15) is 4.31 Å². The van der Waals surface area contributed by atoms with Gasteiger partial charge in [0.2, 0.25) is 10.0 Å². The minimum absolute atomic E-state index is 0.104. The Kier molecular flexibility index (Phi) is 7.00. The summed E-state index contributed by atoms with van der Waals surface area (Å²) < 4.78 is 37.7. The van der Waals surface area contributed by atoms with Crippen LogP contribution in [0.5, 0.6) is 11.5 Å². The Morgan fingerprint density at radius 3 is 2.55 bits per heavy atom. The molecule has 7 nitrogen and oxygen atoms in total. The van der Waals surface area contributed by atoms with Gasteiger partial charge in [-0.05, 0) is 43.2 Å². The molecule has 0 radical (unpaired) electrons. The van der Waals surface area contributed by atoms with Crippen molar-refractivity contribution < 1.29 is 22.7 Å². The Morgan fingerprint density at radius 1 is 1.10 bits per heavy atom. The topological polar surface area (TPSA) is 84.9 Å². The maximum absolute atomic E-state index is 12.8. The SMILES string of the molecule is COc1cccc(OCC(=O)Nc2cc(S(=O)(=O)N3CCCCC3)ccc2Cl)c1. The lowest BCUT2D eigenvalue weighted by atomic mass is 10.2. The highest BCUT2D eigenvalue weighted by atomic mass is 35.5. The minimum atomic E-state index is -3.62. The Morgan fingerprint density at radius 2 is 1.83 bits per heavy atom. The van der Waals surface area contributed by atoms with Crippen molar-refractivity contribution in [3.05, 3.63) is 47.5 Å². The number of amides is 1. The molecule has 1 aliphatic rings. The van der Waals surface area contributed by atoms with E-state index in [-0.39, 0.29) is 22.2 Å². The summed E-state index contributed by atoms with van der Waals surface area (Å²) in [6.07, 6.45) is 2.72. The number of carbonyl (C=O) groups excluding carboxylic acids is 1. The van der Waals surface area contributed by atoms with Crippen molar-refractivity contribution in [2.24, 2.45) is 0 Å². The predicted molar refractivity (Wildman–Crippen MR) is 111 cm³/mol. The molecule has 0 unspecified atom stereocenters. The van der Waals surface area contributed by atoms with Crippen molar-refractivity contribution >= 4 is 33.2 Å². The highest BCUT2D eigenvalue weighted by Gasteiger charge is 2.26. The molecule has 0 atom stereocenters. The molecule has 0 saturated carbocycles. The predicted octanol–water partition coefficient (Wildman–Crippen LogP) is 3.54. The third kappa shape index (κ3) is 5.41. The van der Waals surface area contributed by atoms with Crippen molar-refractivity contribution in [1.29, 1.82) is 0 Å². The first-order valence-electron chi connectivity index (χ1n) is 9.26. The van der Waals surface area contributed by atoms with E-state index in [9.17, 15) is 13.2 Å². The summed E-state index contributed by atoms with van der Waals surface area (Å²) in [6.45, 7) is 0.745. The summed E-state index contributed by atoms with van der Waals surface area (Å²) in [5.41, 5.74) is 0.226. The number of carbonyl (C=O) groups is 1. The summed E-state index contributed by atoms with van der Waals surface area (Å²) >= 11 is 6.15. The number of halogens is 1. The van der Waals surface area contributed by atoms with Gasteiger partial charge in [-0.3, -0.25) is 4.79 Å². The highest BCUT2D eigenvalue weighted by Crippen LogP contribution is 2.28. The molecular formula is C20H23ClN2O5S. The molecule has 1 N–H and O–H groups in total. The summed E-state index contributed by atoms with van der Waals surface area (Å²) in [4.78, 5) is 12.4. The smallest absolute Gasteiger partial charge is 0.262 e. The van der Waals surface area contributed by atoms with Gasteiger partial charge in [-0.25, -0.2) is 8.42 Å². The van der Waals surface area contributed by atoms with Crippen LogP contribution in [0.1, 0.15) is 19.3 Å². The van der Waals surface area contributed by atoms with Crippen LogP contribution in [0.15, 0.2) is 47.4 Å². The van der Waals surface area contributed by atoms with Crippen molar-refractivity contribution in [2.75, 3.05) is 32.1 Å². The van der Waals surface area contributed by atoms with E-state index in [0.29, 0.717) is 24.6 Å². The molecule has 9 heteroatoms. The summed E-state index contributed by atoms with van der Waals surface area (Å²) in [7, 11) is -2.08. The van der Waals surface area contributed by atoms with Gasteiger partial charge in [0.15, 0.2) is 6.61 Å². The second-order valence-electron chi connectivity index (χ2n) is 6.62. The first kappa shape index (κ1) is 21.4. The van der Waals surface area contributed by atoms with Crippen LogP contribution in [-0.4, -0.2) is 45.4 Å². The number of sulfonamides is 1. The molecule has 29 heavy (non-hydrogen) atoms. The molecule has 156 valence electrons. The summed E-state index contributed by atoms with van der Waals surface area (Å²) in [5, 5.41) is 2.86. The number of rotatable bonds is 7. The van der Waals surface area contributed by atoms with Gasteiger partial charge in [-0.15, -0.1) is 0 Å². The van der Waals surface area contributed by atoms with Gasteiger partial charge in [0.25, 0.3) is 5.91 Å². The van der Waals surface area contributed by atoms with E-state index in [2.05, 4.69) is 5.32 Å². The van der Waals surface area contributed by atoms with E-state index in [1.807, 2.05) is 0 Å². The van der Waals surface area contributed by atoms with E-state index >= 15 is 0 Å². The van der Waals surface area contributed by atoms with Crippen molar-refractivity contribution in [2.45, 2.75) is 24.2 Å². The number of hydrogen-bond acceptors (Lipinski definition) is 5. The quantitative estimate of drug-likeness (QED) is 0.714. The zero-order chi connectivity index (χ0) is 20.9. The van der Waals surface area contributed by atoms with E-state index in [1.54, 1.807) is 31.4 Å². The van der Waals surface area contributed by atoms with Crippen LogP contribution in [0.25, 0.3) is 0 Å². The number of nitrogens with zero attached hydrogens (tertiary/aromatic N) is 1. The standard InChI is InChI=1S/C20H23ClN2O5S/c1-27-15-6-5-7-16(12-15)28-14-20(24)22-19-13-17(8-9-18(19)21)29(25,26)23-10-3-2-4-11-23/h5-9,12-13H,2-4,10-11,14H2,1H3,(H,22,24). The van der Waals surface area contributed by atoms with E-state index in [4.69, 9.17) is 21.1 Å². The molecule has 1 fully saturated rings. The highest BCUT2D eigenvalue weighted by molar-refractivity contribution is 7.89. The van der Waals surface area contributed by atoms with Gasteiger partial charge >= 0.3 is 0 Å². The number of hydrogen-bond donors (Lipinski definition) is 1. The zero-order valence-electron chi connectivity index (χ0n) is 16.1. The molecule has 0 spiro atoms. The van der Waals surface area contributed by atoms with Crippen molar-refractivity contribution in [3.8, 4) is 11.5 Å². The van der Waals surface area contributed by atoms with Gasteiger partial charge in [-0.1, -0.05) is 24.1 Å². The molecule has 0 aromatic heterocycles. The van der Waals surface area contributed by atoms with Crippen LogP contribution in [-0.2, 0) is 14.8 Å². The number of anilines is 1. The van der Waals surface area contributed by atoms with E-state index in [1.165, 1.54) is 22.5 Å². The molecule has 0 aliphatic carbocycles. The van der Waals surface area contributed by atoms with E-state index < -0.39 is 15.9 Å². The Balaban J connectivity index is 1.68. The minimum Gasteiger partial charge on any atom is -0.497 e. The van der Waals surface area contributed by atoms with Gasteiger partial charge in [0, 0.05) is 19.2 Å². The first-order valence-corrected chi connectivity index (χ1v) is 11.1. The Labute approximate surface area is 175 Å². The van der Waals surface area contributed by atoms with Crippen LogP contribution in [0.2, 0.25) is 5.02 Å². The number of methoxy groups -OCH3 is 1. The molecule has 2 aromatic rings. The monoisotopic (exact) mass is 438 g/mol. The fourth-order valence-electron chi connectivity index (χ4n) is 3.04. The molecule has 0 bridgehead atoms. The maximum atomic E-state index is 12.8. The van der Waals surface area contributed by atoms with Crippen LogP contribution in [0, 0.1) is 0 Å². The molecule has 1 amide bonds. The lowest BCUT2D eigenvalue weighted by Gasteiger charge is -2.26. The normalized spacial score (nSPS) is 15.0. The number of nitrogens with one attached hydrogen (secondary N) is 1. The molecule has 1 heterocycles. The zero-order valence-corrected chi connectivity index (χ0v) is 17.6. The third-order valence-corrected chi connectivity index (χ3v) is 6.80. The van der Waals surface area contributed by atoms with Gasteiger partial charge in [0.1, 0.15) is 11.5 Å². The van der Waals surface area contributed by atoms with Crippen LogP contribution >= 0.6 is 11.6 Å². The Bertz CT molecular complexity index is 975. The second kappa shape index (κ2) is 9.47. The largest absolute Gasteiger partial charge is 0.497 e. The average Bonchev–Trinajstić information content (AvgIpc) is 2.74. The molecular weight excluding hydrogens is 416 g/mol. The molecule has 1 aliphatic heterocycles.